The molecule has 1 aliphatic heterocycles. The molecule has 0 radical (unpaired) electrons. The minimum atomic E-state index is -0.319. The molecule has 24 heavy (non-hydrogen) atoms. The second-order valence-electron chi connectivity index (χ2n) is 6.06. The van der Waals surface area contributed by atoms with Crippen LogP contribution in [0, 0.1) is 0 Å². The number of anilines is 1. The zero-order valence-electron chi connectivity index (χ0n) is 13.6. The first kappa shape index (κ1) is 17.3. The fourth-order valence-corrected chi connectivity index (χ4v) is 3.41. The second-order valence-corrected chi connectivity index (χ2v) is 6.85. The topological polar surface area (TPSA) is 47.4 Å². The van der Waals surface area contributed by atoms with Crippen LogP contribution in [0.15, 0.2) is 35.3 Å². The molecule has 2 atom stereocenters. The Morgan fingerprint density at radius 1 is 1.21 bits per heavy atom. The molecule has 1 saturated heterocycles. The van der Waals surface area contributed by atoms with Crippen molar-refractivity contribution in [2.45, 2.75) is 32.6 Å². The van der Waals surface area contributed by atoms with E-state index in [4.69, 9.17) is 27.9 Å². The van der Waals surface area contributed by atoms with Gasteiger partial charge in [0, 0.05) is 18.1 Å². The summed E-state index contributed by atoms with van der Waals surface area (Å²) in [5, 5.41) is 5.06. The van der Waals surface area contributed by atoms with E-state index >= 15 is 0 Å². The van der Waals surface area contributed by atoms with Crippen LogP contribution in [-0.2, 0) is 11.3 Å². The van der Waals surface area contributed by atoms with Crippen LogP contribution in [0.4, 0.5) is 5.69 Å². The molecule has 1 aliphatic rings. The van der Waals surface area contributed by atoms with E-state index in [0.717, 1.165) is 5.56 Å². The third kappa shape index (κ3) is 3.58. The number of aromatic nitrogens is 2. The van der Waals surface area contributed by atoms with Crippen molar-refractivity contribution >= 4 is 28.9 Å². The molecule has 0 saturated carbocycles. The monoisotopic (exact) mass is 367 g/mol. The Balaban J connectivity index is 1.89. The minimum absolute atomic E-state index is 0.0790. The van der Waals surface area contributed by atoms with Crippen LogP contribution in [0.25, 0.3) is 0 Å². The van der Waals surface area contributed by atoms with E-state index in [-0.39, 0.29) is 29.3 Å². The molecule has 3 rings (SSSR count). The highest BCUT2D eigenvalue weighted by Gasteiger charge is 2.25. The van der Waals surface area contributed by atoms with Gasteiger partial charge in [0.25, 0.3) is 5.56 Å². The van der Waals surface area contributed by atoms with Crippen LogP contribution in [0.2, 0.25) is 10.0 Å². The molecular weight excluding hydrogens is 349 g/mol. The van der Waals surface area contributed by atoms with Gasteiger partial charge in [0.2, 0.25) is 0 Å². The van der Waals surface area contributed by atoms with Gasteiger partial charge in [0.15, 0.2) is 0 Å². The van der Waals surface area contributed by atoms with Crippen LogP contribution in [0.5, 0.6) is 0 Å². The number of halogens is 2. The van der Waals surface area contributed by atoms with E-state index in [9.17, 15) is 4.79 Å². The molecule has 2 aromatic rings. The van der Waals surface area contributed by atoms with Crippen LogP contribution >= 0.6 is 23.2 Å². The lowest BCUT2D eigenvalue weighted by atomic mass is 10.2. The summed E-state index contributed by atoms with van der Waals surface area (Å²) in [7, 11) is 0. The van der Waals surface area contributed by atoms with Crippen molar-refractivity contribution in [3.63, 3.8) is 0 Å². The van der Waals surface area contributed by atoms with Gasteiger partial charge in [-0.3, -0.25) is 4.79 Å². The molecular formula is C17H19Cl2N3O2. The molecule has 0 amide bonds. The Labute approximate surface area is 150 Å². The van der Waals surface area contributed by atoms with Crippen LogP contribution < -0.4 is 10.5 Å². The molecule has 7 heteroatoms. The molecule has 1 fully saturated rings. The maximum absolute atomic E-state index is 12.6. The standard InChI is InChI=1S/C17H19Cl2N3O2/c1-11-8-21(9-12(2)24-11)15-7-20-22(17(23)16(15)19)10-13-5-3-4-6-14(13)18/h3-7,11-12H,8-10H2,1-2H3/t11-,12+. The quantitative estimate of drug-likeness (QED) is 0.835. The number of nitrogens with zero attached hydrogens (tertiary/aromatic N) is 3. The predicted octanol–water partition coefficient (Wildman–Crippen LogP) is 3.21. The van der Waals surface area contributed by atoms with Gasteiger partial charge < -0.3 is 9.64 Å². The summed E-state index contributed by atoms with van der Waals surface area (Å²) < 4.78 is 7.05. The summed E-state index contributed by atoms with van der Waals surface area (Å²) in [6.07, 6.45) is 1.80. The first-order valence-electron chi connectivity index (χ1n) is 7.85. The summed E-state index contributed by atoms with van der Waals surface area (Å²) in [6, 6.07) is 7.37. The van der Waals surface area contributed by atoms with Crippen molar-refractivity contribution < 1.29 is 4.74 Å². The number of ether oxygens (including phenoxy) is 1. The summed E-state index contributed by atoms with van der Waals surface area (Å²) in [6.45, 7) is 5.65. The smallest absolute Gasteiger partial charge is 0.287 e. The fraction of sp³-hybridized carbons (Fsp3) is 0.412. The van der Waals surface area contributed by atoms with Gasteiger partial charge in [-0.1, -0.05) is 41.4 Å². The number of benzene rings is 1. The predicted molar refractivity (Wildman–Crippen MR) is 96.3 cm³/mol. The van der Waals surface area contributed by atoms with E-state index in [1.54, 1.807) is 12.3 Å². The molecule has 1 aromatic carbocycles. The molecule has 1 aromatic heterocycles. The summed E-state index contributed by atoms with van der Waals surface area (Å²) >= 11 is 12.5. The lowest BCUT2D eigenvalue weighted by Gasteiger charge is -2.36. The number of rotatable bonds is 3. The third-order valence-electron chi connectivity index (χ3n) is 4.00. The SMILES string of the molecule is C[C@@H]1CN(c2cnn(Cc3ccccc3Cl)c(=O)c2Cl)C[C@H](C)O1. The molecule has 5 nitrogen and oxygen atoms in total. The van der Waals surface area contributed by atoms with Crippen molar-refractivity contribution in [2.24, 2.45) is 0 Å². The lowest BCUT2D eigenvalue weighted by molar-refractivity contribution is -0.00524. The molecule has 0 bridgehead atoms. The summed E-state index contributed by atoms with van der Waals surface area (Å²) in [4.78, 5) is 14.6. The Kier molecular flexibility index (Phi) is 5.13. The lowest BCUT2D eigenvalue weighted by Crippen LogP contribution is -2.46. The Morgan fingerprint density at radius 3 is 2.54 bits per heavy atom. The zero-order chi connectivity index (χ0) is 17.3. The number of morpholine rings is 1. The summed E-state index contributed by atoms with van der Waals surface area (Å²) in [5.41, 5.74) is 1.16. The van der Waals surface area contributed by atoms with Crippen LogP contribution in [0.1, 0.15) is 19.4 Å². The zero-order valence-corrected chi connectivity index (χ0v) is 15.1. The van der Waals surface area contributed by atoms with Gasteiger partial charge in [-0.15, -0.1) is 0 Å². The molecule has 0 N–H and O–H groups in total. The number of hydrogen-bond donors (Lipinski definition) is 0. The molecule has 128 valence electrons. The van der Waals surface area contributed by atoms with Gasteiger partial charge >= 0.3 is 0 Å². The fourth-order valence-electron chi connectivity index (χ4n) is 2.95. The highest BCUT2D eigenvalue weighted by Crippen LogP contribution is 2.25. The van der Waals surface area contributed by atoms with Crippen molar-refractivity contribution in [1.29, 1.82) is 0 Å². The van der Waals surface area contributed by atoms with Crippen molar-refractivity contribution in [3.8, 4) is 0 Å². The number of hydrogen-bond acceptors (Lipinski definition) is 4. The van der Waals surface area contributed by atoms with Crippen molar-refractivity contribution in [1.82, 2.24) is 9.78 Å². The largest absolute Gasteiger partial charge is 0.372 e. The van der Waals surface area contributed by atoms with Gasteiger partial charge in [0.05, 0.1) is 30.6 Å². The van der Waals surface area contributed by atoms with E-state index < -0.39 is 0 Å². The average Bonchev–Trinajstić information content (AvgIpc) is 2.53. The van der Waals surface area contributed by atoms with Crippen LogP contribution in [0.3, 0.4) is 0 Å². The first-order chi connectivity index (χ1) is 11.5. The Morgan fingerprint density at radius 2 is 1.88 bits per heavy atom. The minimum Gasteiger partial charge on any atom is -0.372 e. The van der Waals surface area contributed by atoms with E-state index in [1.165, 1.54) is 4.68 Å². The van der Waals surface area contributed by atoms with E-state index in [1.807, 2.05) is 32.0 Å². The summed E-state index contributed by atoms with van der Waals surface area (Å²) in [5.74, 6) is 0. The van der Waals surface area contributed by atoms with Gasteiger partial charge in [-0.05, 0) is 25.5 Å². The maximum atomic E-state index is 12.6. The van der Waals surface area contributed by atoms with Crippen LogP contribution in [-0.4, -0.2) is 35.1 Å². The highest BCUT2D eigenvalue weighted by molar-refractivity contribution is 6.33. The normalized spacial score (nSPS) is 21.1. The molecule has 2 heterocycles. The Bertz CT molecular complexity index is 784. The van der Waals surface area contributed by atoms with Crippen molar-refractivity contribution in [3.05, 3.63) is 56.4 Å². The molecule has 0 unspecified atom stereocenters. The Hall–Kier alpha value is -1.56. The molecule has 0 spiro atoms. The van der Waals surface area contributed by atoms with E-state index in [0.29, 0.717) is 23.8 Å². The third-order valence-corrected chi connectivity index (χ3v) is 4.73. The highest BCUT2D eigenvalue weighted by atomic mass is 35.5. The van der Waals surface area contributed by atoms with Gasteiger partial charge in [0.1, 0.15) is 5.02 Å². The van der Waals surface area contributed by atoms with Crippen molar-refractivity contribution in [2.75, 3.05) is 18.0 Å². The average molecular weight is 368 g/mol. The van der Waals surface area contributed by atoms with Gasteiger partial charge in [-0.25, -0.2) is 4.68 Å². The maximum Gasteiger partial charge on any atom is 0.287 e. The van der Waals surface area contributed by atoms with Gasteiger partial charge in [-0.2, -0.15) is 5.10 Å². The second kappa shape index (κ2) is 7.13. The molecule has 0 aliphatic carbocycles. The first-order valence-corrected chi connectivity index (χ1v) is 8.60. The van der Waals surface area contributed by atoms with E-state index in [2.05, 4.69) is 10.00 Å².